The molecule has 4 rings (SSSR count). The molecule has 0 unspecified atom stereocenters. The third-order valence-corrected chi connectivity index (χ3v) is 13.0. The van der Waals surface area contributed by atoms with Gasteiger partial charge in [-0.1, -0.05) is 61.5 Å². The second-order valence-corrected chi connectivity index (χ2v) is 14.8. The van der Waals surface area contributed by atoms with Crippen molar-refractivity contribution < 1.29 is 9.90 Å². The largest absolute Gasteiger partial charge is 0.481 e. The van der Waals surface area contributed by atoms with Gasteiger partial charge in [0.25, 0.3) is 0 Å². The third kappa shape index (κ3) is 2.99. The minimum absolute atomic E-state index is 0.143. The van der Waals surface area contributed by atoms with Gasteiger partial charge in [-0.25, -0.2) is 0 Å². The first-order valence-electron chi connectivity index (χ1n) is 13.5. The highest BCUT2D eigenvalue weighted by Gasteiger charge is 2.70. The second kappa shape index (κ2) is 7.11. The van der Waals surface area contributed by atoms with Crippen LogP contribution in [-0.4, -0.2) is 11.1 Å². The highest BCUT2D eigenvalue weighted by atomic mass is 16.4. The van der Waals surface area contributed by atoms with Gasteiger partial charge in [-0.2, -0.15) is 0 Å². The van der Waals surface area contributed by atoms with E-state index in [0.717, 1.165) is 12.3 Å². The van der Waals surface area contributed by atoms with Crippen LogP contribution in [0.25, 0.3) is 0 Å². The SMILES string of the molecule is C=C[C@@H]1[C@@](C)([C@@H](C)C(=O)O)CC[C@H]2[C@@]1(C)CC[C@@]1(C)[C@@H]3CC(C)(C)CC[C@]3(C)CC[C@]21C. The molecule has 32 heavy (non-hydrogen) atoms. The summed E-state index contributed by atoms with van der Waals surface area (Å²) in [6.07, 6.45) is 13.7. The smallest absolute Gasteiger partial charge is 0.306 e. The van der Waals surface area contributed by atoms with Crippen LogP contribution in [0.2, 0.25) is 0 Å². The van der Waals surface area contributed by atoms with Gasteiger partial charge < -0.3 is 5.11 Å². The zero-order valence-electron chi connectivity index (χ0n) is 22.3. The fraction of sp³-hybridized carbons (Fsp3) is 0.900. The van der Waals surface area contributed by atoms with Crippen LogP contribution in [0.5, 0.6) is 0 Å². The van der Waals surface area contributed by atoms with E-state index >= 15 is 0 Å². The predicted molar refractivity (Wildman–Crippen MR) is 133 cm³/mol. The molecule has 0 saturated heterocycles. The van der Waals surface area contributed by atoms with Crippen molar-refractivity contribution in [2.45, 2.75) is 113 Å². The standard InChI is InChI=1S/C30H50O2/c1-10-21-27(6,20(2)24(31)32)12-11-22-28(21,7)16-18-30(9)23-19-25(3,4)13-14-26(23,5)15-17-29(22,30)8/h10,20-23H,1,11-19H2,2-9H3,(H,31,32)/t20-,21+,22-,23+,26+,27+,28-,29+,30-/m0/s1. The average molecular weight is 443 g/mol. The molecular weight excluding hydrogens is 392 g/mol. The summed E-state index contributed by atoms with van der Waals surface area (Å²) in [5.41, 5.74) is 1.59. The third-order valence-electron chi connectivity index (χ3n) is 13.0. The van der Waals surface area contributed by atoms with Crippen LogP contribution >= 0.6 is 0 Å². The number of hydrogen-bond acceptors (Lipinski definition) is 1. The van der Waals surface area contributed by atoms with E-state index in [1.807, 2.05) is 6.92 Å². The number of fused-ring (bicyclic) bond motifs is 5. The van der Waals surface area contributed by atoms with E-state index in [-0.39, 0.29) is 22.7 Å². The maximum absolute atomic E-state index is 12.1. The number of carboxylic acids is 1. The number of hydrogen-bond donors (Lipinski definition) is 1. The summed E-state index contributed by atoms with van der Waals surface area (Å²) in [6, 6.07) is 0. The van der Waals surface area contributed by atoms with Crippen molar-refractivity contribution in [2.75, 3.05) is 0 Å². The Labute approximate surface area is 198 Å². The minimum atomic E-state index is -0.647. The molecule has 0 radical (unpaired) electrons. The Morgan fingerprint density at radius 3 is 2.03 bits per heavy atom. The lowest BCUT2D eigenvalue weighted by molar-refractivity contribution is -0.248. The first kappa shape index (κ1) is 24.3. The molecular formula is C30H50O2. The lowest BCUT2D eigenvalue weighted by Crippen LogP contribution is -2.67. The van der Waals surface area contributed by atoms with Crippen molar-refractivity contribution in [3.05, 3.63) is 12.7 Å². The Bertz CT molecular complexity index is 799. The van der Waals surface area contributed by atoms with Gasteiger partial charge in [0, 0.05) is 0 Å². The summed E-state index contributed by atoms with van der Waals surface area (Å²) in [4.78, 5) is 12.1. The highest BCUT2D eigenvalue weighted by molar-refractivity contribution is 5.70. The average Bonchev–Trinajstić information content (AvgIpc) is 2.70. The summed E-state index contributed by atoms with van der Waals surface area (Å²) in [6.45, 7) is 23.9. The Balaban J connectivity index is 1.76. The van der Waals surface area contributed by atoms with Crippen LogP contribution in [-0.2, 0) is 4.79 Å². The van der Waals surface area contributed by atoms with Crippen LogP contribution in [0.3, 0.4) is 0 Å². The molecule has 2 nitrogen and oxygen atoms in total. The van der Waals surface area contributed by atoms with Crippen LogP contribution in [0.4, 0.5) is 0 Å². The van der Waals surface area contributed by atoms with Crippen molar-refractivity contribution >= 4 is 5.97 Å². The molecule has 182 valence electrons. The first-order valence-corrected chi connectivity index (χ1v) is 13.5. The molecule has 0 bridgehead atoms. The van der Waals surface area contributed by atoms with Gasteiger partial charge in [0.05, 0.1) is 5.92 Å². The molecule has 0 aromatic carbocycles. The van der Waals surface area contributed by atoms with E-state index in [1.165, 1.54) is 51.4 Å². The molecule has 0 heterocycles. The van der Waals surface area contributed by atoms with Crippen molar-refractivity contribution in [3.63, 3.8) is 0 Å². The zero-order chi connectivity index (χ0) is 24.0. The van der Waals surface area contributed by atoms with Gasteiger partial charge in [0.1, 0.15) is 0 Å². The molecule has 0 spiro atoms. The van der Waals surface area contributed by atoms with Gasteiger partial charge in [-0.05, 0) is 108 Å². The summed E-state index contributed by atoms with van der Waals surface area (Å²) >= 11 is 0. The molecule has 9 atom stereocenters. The Morgan fingerprint density at radius 2 is 1.44 bits per heavy atom. The molecule has 0 aromatic rings. The van der Waals surface area contributed by atoms with E-state index in [9.17, 15) is 9.90 Å². The molecule has 1 N–H and O–H groups in total. The quantitative estimate of drug-likeness (QED) is 0.446. The van der Waals surface area contributed by atoms with Gasteiger partial charge in [-0.3, -0.25) is 4.79 Å². The van der Waals surface area contributed by atoms with Crippen molar-refractivity contribution in [3.8, 4) is 0 Å². The molecule has 0 aliphatic heterocycles. The monoisotopic (exact) mass is 442 g/mol. The molecule has 0 aromatic heterocycles. The summed E-state index contributed by atoms with van der Waals surface area (Å²) < 4.78 is 0. The molecule has 4 fully saturated rings. The molecule has 0 amide bonds. The lowest BCUT2D eigenvalue weighted by Gasteiger charge is -2.74. The summed E-state index contributed by atoms with van der Waals surface area (Å²) in [5.74, 6) is 0.734. The number of rotatable bonds is 3. The van der Waals surface area contributed by atoms with Gasteiger partial charge in [0.15, 0.2) is 0 Å². The van der Waals surface area contributed by atoms with Crippen molar-refractivity contribution in [1.82, 2.24) is 0 Å². The highest BCUT2D eigenvalue weighted by Crippen LogP contribution is 2.77. The fourth-order valence-corrected chi connectivity index (χ4v) is 10.4. The van der Waals surface area contributed by atoms with E-state index in [4.69, 9.17) is 0 Å². The maximum Gasteiger partial charge on any atom is 0.306 e. The van der Waals surface area contributed by atoms with Gasteiger partial charge >= 0.3 is 5.97 Å². The van der Waals surface area contributed by atoms with E-state index in [1.54, 1.807) is 0 Å². The van der Waals surface area contributed by atoms with Crippen LogP contribution in [0.1, 0.15) is 113 Å². The van der Waals surface area contributed by atoms with Crippen LogP contribution in [0, 0.1) is 56.2 Å². The normalized spacial score (nSPS) is 53.3. The number of carbonyl (C=O) groups is 1. The number of aliphatic carboxylic acids is 1. The van der Waals surface area contributed by atoms with Crippen molar-refractivity contribution in [2.24, 2.45) is 56.2 Å². The van der Waals surface area contributed by atoms with Gasteiger partial charge in [-0.15, -0.1) is 6.58 Å². The lowest BCUT2D eigenvalue weighted by atomic mass is 9.30. The summed E-state index contributed by atoms with van der Waals surface area (Å²) in [5, 5.41) is 9.94. The van der Waals surface area contributed by atoms with Crippen molar-refractivity contribution in [1.29, 1.82) is 0 Å². The summed E-state index contributed by atoms with van der Waals surface area (Å²) in [7, 11) is 0. The Kier molecular flexibility index (Phi) is 5.41. The Hall–Kier alpha value is -0.790. The molecule has 2 heteroatoms. The number of allylic oxidation sites excluding steroid dienone is 1. The number of carboxylic acid groups (broad SMARTS) is 1. The van der Waals surface area contributed by atoms with Crippen LogP contribution < -0.4 is 0 Å². The minimum Gasteiger partial charge on any atom is -0.481 e. The first-order chi connectivity index (χ1) is 14.6. The Morgan fingerprint density at radius 1 is 0.875 bits per heavy atom. The molecule has 4 saturated carbocycles. The van der Waals surface area contributed by atoms with Gasteiger partial charge in [0.2, 0.25) is 0 Å². The molecule has 4 aliphatic rings. The fourth-order valence-electron chi connectivity index (χ4n) is 10.4. The van der Waals surface area contributed by atoms with E-state index < -0.39 is 5.97 Å². The second-order valence-electron chi connectivity index (χ2n) is 14.8. The predicted octanol–water partition coefficient (Wildman–Crippen LogP) is 8.36. The van der Waals surface area contributed by atoms with Crippen LogP contribution in [0.15, 0.2) is 12.7 Å². The maximum atomic E-state index is 12.1. The topological polar surface area (TPSA) is 37.3 Å². The van der Waals surface area contributed by atoms with E-state index in [2.05, 4.69) is 61.1 Å². The van der Waals surface area contributed by atoms with E-state index in [0.29, 0.717) is 27.6 Å². The molecule has 4 aliphatic carbocycles. The zero-order valence-corrected chi connectivity index (χ0v) is 22.3.